The summed E-state index contributed by atoms with van der Waals surface area (Å²) in [6, 6.07) is -1.07. The first-order valence-electron chi connectivity index (χ1n) is 11.4. The normalized spacial score (nSPS) is 18.1. The van der Waals surface area contributed by atoms with Crippen molar-refractivity contribution in [1.82, 2.24) is 39.8 Å². The second kappa shape index (κ2) is 9.41. The molecule has 3 aromatic heterocycles. The zero-order chi connectivity index (χ0) is 25.3. The van der Waals surface area contributed by atoms with Gasteiger partial charge in [0.2, 0.25) is 0 Å². The number of likely N-dealkylation sites (tertiary alicyclic amines) is 1. The van der Waals surface area contributed by atoms with Gasteiger partial charge in [-0.1, -0.05) is 0 Å². The standard InChI is InChI=1S/C22H30N10O3/c1-6-31-18(13-8-24-12(2)25-9-13)29-16-17(26-11-27-19(16)31)28-14-7-15(20(33)30-23)32(10-14)21(34)35-22(3,4)5/h8-9,11,14-15H,6-7,10,23H2,1-5H3,(H,30,33)(H,26,27,28)/t14?,15-/m1/s1. The number of imidazole rings is 1. The summed E-state index contributed by atoms with van der Waals surface area (Å²) in [7, 11) is 0. The number of hydrogen-bond acceptors (Lipinski definition) is 10. The lowest BCUT2D eigenvalue weighted by molar-refractivity contribution is -0.125. The van der Waals surface area contributed by atoms with E-state index in [9.17, 15) is 9.59 Å². The Morgan fingerprint density at radius 2 is 1.91 bits per heavy atom. The Kier molecular flexibility index (Phi) is 6.52. The van der Waals surface area contributed by atoms with Gasteiger partial charge in [-0.2, -0.15) is 0 Å². The molecule has 0 saturated carbocycles. The van der Waals surface area contributed by atoms with Crippen LogP contribution in [-0.4, -0.2) is 70.6 Å². The van der Waals surface area contributed by atoms with Crippen LogP contribution in [0.4, 0.5) is 10.6 Å². The van der Waals surface area contributed by atoms with E-state index >= 15 is 0 Å². The summed E-state index contributed by atoms with van der Waals surface area (Å²) in [5.41, 5.74) is 3.42. The summed E-state index contributed by atoms with van der Waals surface area (Å²) in [5, 5.41) is 3.34. The lowest BCUT2D eigenvalue weighted by Crippen LogP contribution is -2.49. The molecule has 1 aliphatic rings. The highest BCUT2D eigenvalue weighted by Crippen LogP contribution is 2.29. The molecule has 0 bridgehead atoms. The number of aromatic nitrogens is 6. The fourth-order valence-corrected chi connectivity index (χ4v) is 4.07. The largest absolute Gasteiger partial charge is 0.444 e. The van der Waals surface area contributed by atoms with Crippen molar-refractivity contribution in [2.24, 2.45) is 5.84 Å². The van der Waals surface area contributed by atoms with Gasteiger partial charge in [-0.15, -0.1) is 0 Å². The Balaban J connectivity index is 1.64. The number of carbonyl (C=O) groups is 2. The highest BCUT2D eigenvalue weighted by Gasteiger charge is 2.41. The molecule has 0 radical (unpaired) electrons. The number of hydrogen-bond donors (Lipinski definition) is 3. The smallest absolute Gasteiger partial charge is 0.411 e. The van der Waals surface area contributed by atoms with E-state index < -0.39 is 23.6 Å². The van der Waals surface area contributed by atoms with E-state index in [1.807, 2.05) is 18.4 Å². The second-order valence-corrected chi connectivity index (χ2v) is 9.33. The monoisotopic (exact) mass is 482 g/mol. The van der Waals surface area contributed by atoms with Gasteiger partial charge in [0.05, 0.1) is 5.56 Å². The third-order valence-corrected chi connectivity index (χ3v) is 5.60. The molecule has 2 atom stereocenters. The van der Waals surface area contributed by atoms with Gasteiger partial charge in [0.1, 0.15) is 29.6 Å². The number of nitrogens with two attached hydrogens (primary N) is 1. The molecule has 0 aromatic carbocycles. The summed E-state index contributed by atoms with van der Waals surface area (Å²) >= 11 is 0. The number of nitrogens with one attached hydrogen (secondary N) is 2. The maximum Gasteiger partial charge on any atom is 0.411 e. The first-order chi connectivity index (χ1) is 16.6. The summed E-state index contributed by atoms with van der Waals surface area (Å²) in [5.74, 6) is 6.75. The summed E-state index contributed by atoms with van der Waals surface area (Å²) in [6.07, 6.45) is 4.64. The maximum absolute atomic E-state index is 12.8. The van der Waals surface area contributed by atoms with Crippen LogP contribution >= 0.6 is 0 Å². The Hall–Kier alpha value is -3.87. The predicted molar refractivity (Wildman–Crippen MR) is 128 cm³/mol. The molecular weight excluding hydrogens is 452 g/mol. The Labute approximate surface area is 202 Å². The highest BCUT2D eigenvalue weighted by atomic mass is 16.6. The molecule has 0 aliphatic carbocycles. The number of amides is 2. The van der Waals surface area contributed by atoms with Crippen LogP contribution in [0.5, 0.6) is 0 Å². The molecule has 4 heterocycles. The van der Waals surface area contributed by atoms with Crippen LogP contribution < -0.4 is 16.6 Å². The van der Waals surface area contributed by atoms with Crippen LogP contribution in [0.3, 0.4) is 0 Å². The van der Waals surface area contributed by atoms with Crippen LogP contribution in [0, 0.1) is 6.92 Å². The molecule has 13 nitrogen and oxygen atoms in total. The average molecular weight is 483 g/mol. The van der Waals surface area contributed by atoms with E-state index in [2.05, 4.69) is 30.7 Å². The minimum Gasteiger partial charge on any atom is -0.444 e. The SMILES string of the molecule is CCn1c(-c2cnc(C)nc2)nc2c(NC3C[C@H](C(=O)NN)N(C(=O)OC(C)(C)C)C3)ncnc21. The number of nitrogens with zero attached hydrogens (tertiary/aromatic N) is 7. The van der Waals surface area contributed by atoms with Gasteiger partial charge in [-0.05, 0) is 41.0 Å². The third-order valence-electron chi connectivity index (χ3n) is 5.60. The van der Waals surface area contributed by atoms with Crippen LogP contribution in [0.25, 0.3) is 22.6 Å². The maximum atomic E-state index is 12.8. The van der Waals surface area contributed by atoms with Crippen LogP contribution in [0.2, 0.25) is 0 Å². The minimum absolute atomic E-state index is 0.228. The van der Waals surface area contributed by atoms with Crippen LogP contribution in [-0.2, 0) is 16.1 Å². The number of ether oxygens (including phenoxy) is 1. The van der Waals surface area contributed by atoms with E-state index in [1.54, 1.807) is 33.2 Å². The highest BCUT2D eigenvalue weighted by molar-refractivity contribution is 5.88. The van der Waals surface area contributed by atoms with Crippen molar-refractivity contribution in [1.29, 1.82) is 0 Å². The number of aryl methyl sites for hydroxylation is 2. The first kappa shape index (κ1) is 24.3. The minimum atomic E-state index is -0.779. The lowest BCUT2D eigenvalue weighted by Gasteiger charge is -2.27. The van der Waals surface area contributed by atoms with Crippen LogP contribution in [0.1, 0.15) is 39.9 Å². The molecule has 35 heavy (non-hydrogen) atoms. The molecule has 4 rings (SSSR count). The van der Waals surface area contributed by atoms with Gasteiger partial charge in [0.15, 0.2) is 17.0 Å². The van der Waals surface area contributed by atoms with Gasteiger partial charge >= 0.3 is 6.09 Å². The number of anilines is 1. The lowest BCUT2D eigenvalue weighted by atomic mass is 10.1. The molecule has 1 unspecified atom stereocenters. The van der Waals surface area contributed by atoms with Crippen molar-refractivity contribution in [3.8, 4) is 11.4 Å². The van der Waals surface area contributed by atoms with E-state index in [-0.39, 0.29) is 12.6 Å². The third kappa shape index (κ3) is 4.99. The molecule has 1 fully saturated rings. The number of carbonyl (C=O) groups excluding carboxylic acids is 2. The summed E-state index contributed by atoms with van der Waals surface area (Å²) in [4.78, 5) is 48.7. The van der Waals surface area contributed by atoms with Crippen molar-refractivity contribution < 1.29 is 14.3 Å². The van der Waals surface area contributed by atoms with Crippen LogP contribution in [0.15, 0.2) is 18.7 Å². The molecular formula is C22H30N10O3. The summed E-state index contributed by atoms with van der Waals surface area (Å²) < 4.78 is 7.45. The quantitative estimate of drug-likeness (QED) is 0.275. The van der Waals surface area contributed by atoms with Crippen molar-refractivity contribution in [2.75, 3.05) is 11.9 Å². The fraction of sp³-hybridized carbons (Fsp3) is 0.500. The van der Waals surface area contributed by atoms with Crippen molar-refractivity contribution >= 4 is 29.0 Å². The van der Waals surface area contributed by atoms with Gasteiger partial charge in [-0.3, -0.25) is 15.1 Å². The fourth-order valence-electron chi connectivity index (χ4n) is 4.07. The van der Waals surface area contributed by atoms with E-state index in [0.29, 0.717) is 41.6 Å². The molecule has 4 N–H and O–H groups in total. The van der Waals surface area contributed by atoms with Crippen molar-refractivity contribution in [3.63, 3.8) is 0 Å². The molecule has 13 heteroatoms. The number of hydrazine groups is 1. The predicted octanol–water partition coefficient (Wildman–Crippen LogP) is 1.39. The van der Waals surface area contributed by atoms with Crippen molar-refractivity contribution in [2.45, 2.75) is 65.3 Å². The number of fused-ring (bicyclic) bond motifs is 1. The first-order valence-corrected chi connectivity index (χ1v) is 11.4. The second-order valence-electron chi connectivity index (χ2n) is 9.33. The van der Waals surface area contributed by atoms with Gasteiger partial charge < -0.3 is 14.6 Å². The molecule has 2 amide bonds. The molecule has 3 aromatic rings. The Morgan fingerprint density at radius 3 is 2.54 bits per heavy atom. The summed E-state index contributed by atoms with van der Waals surface area (Å²) in [6.45, 7) is 9.99. The zero-order valence-electron chi connectivity index (χ0n) is 20.4. The molecule has 1 saturated heterocycles. The molecule has 1 aliphatic heterocycles. The van der Waals surface area contributed by atoms with Gasteiger partial charge in [0.25, 0.3) is 5.91 Å². The molecule has 186 valence electrons. The topological polar surface area (TPSA) is 166 Å². The molecule has 0 spiro atoms. The average Bonchev–Trinajstić information content (AvgIpc) is 3.40. The van der Waals surface area contributed by atoms with Gasteiger partial charge in [-0.25, -0.2) is 35.6 Å². The van der Waals surface area contributed by atoms with Crippen molar-refractivity contribution in [3.05, 3.63) is 24.5 Å². The van der Waals surface area contributed by atoms with Gasteiger partial charge in [0, 0.05) is 31.5 Å². The number of rotatable bonds is 5. The zero-order valence-corrected chi connectivity index (χ0v) is 20.4. The van der Waals surface area contributed by atoms with E-state index in [4.69, 9.17) is 15.6 Å². The van der Waals surface area contributed by atoms with E-state index in [0.717, 1.165) is 5.56 Å². The van der Waals surface area contributed by atoms with E-state index in [1.165, 1.54) is 11.2 Å². The Morgan fingerprint density at radius 1 is 1.20 bits per heavy atom. The Bertz CT molecular complexity index is 1230.